The maximum absolute atomic E-state index is 11.8. The minimum atomic E-state index is -0.00863. The molecule has 0 aliphatic carbocycles. The van der Waals surface area contributed by atoms with Gasteiger partial charge in [-0.05, 0) is 18.6 Å². The van der Waals surface area contributed by atoms with E-state index in [0.717, 1.165) is 17.2 Å². The second-order valence-electron chi connectivity index (χ2n) is 4.30. The van der Waals surface area contributed by atoms with Gasteiger partial charge in [0, 0.05) is 18.0 Å². The number of nitrogens with zero attached hydrogens (tertiary/aromatic N) is 4. The first kappa shape index (κ1) is 12.7. The fraction of sp³-hybridized carbons (Fsp3) is 0.231. The van der Waals surface area contributed by atoms with Crippen molar-refractivity contribution in [3.8, 4) is 0 Å². The highest BCUT2D eigenvalue weighted by atomic mass is 32.1. The molecule has 0 aliphatic rings. The highest BCUT2D eigenvalue weighted by Gasteiger charge is 2.07. The first-order valence-electron chi connectivity index (χ1n) is 6.25. The highest BCUT2D eigenvalue weighted by molar-refractivity contribution is 7.07. The summed E-state index contributed by atoms with van der Waals surface area (Å²) >= 11 is 1.54. The molecule has 7 heteroatoms. The molecule has 3 heterocycles. The Labute approximate surface area is 119 Å². The number of hydrogen-bond acceptors (Lipinski definition) is 5. The van der Waals surface area contributed by atoms with Crippen LogP contribution in [-0.4, -0.2) is 25.5 Å². The van der Waals surface area contributed by atoms with Crippen molar-refractivity contribution >= 4 is 22.9 Å². The quantitative estimate of drug-likeness (QED) is 0.770. The van der Waals surface area contributed by atoms with Gasteiger partial charge in [-0.15, -0.1) is 21.5 Å². The highest BCUT2D eigenvalue weighted by Crippen LogP contribution is 2.05. The predicted molar refractivity (Wildman–Crippen MR) is 75.3 cm³/mol. The summed E-state index contributed by atoms with van der Waals surface area (Å²) < 4.78 is 1.86. The normalized spacial score (nSPS) is 10.8. The molecule has 1 N–H and O–H groups in total. The Kier molecular flexibility index (Phi) is 3.69. The lowest BCUT2D eigenvalue weighted by molar-refractivity contribution is -0.121. The number of aromatic nitrogens is 4. The molecule has 0 atom stereocenters. The molecule has 0 aromatic carbocycles. The molecule has 0 fully saturated rings. The Morgan fingerprint density at radius 1 is 1.35 bits per heavy atom. The van der Waals surface area contributed by atoms with Gasteiger partial charge in [0.05, 0.1) is 17.7 Å². The largest absolute Gasteiger partial charge is 0.349 e. The summed E-state index contributed by atoms with van der Waals surface area (Å²) in [6.45, 7) is 0.376. The van der Waals surface area contributed by atoms with E-state index in [0.29, 0.717) is 19.4 Å². The molecule has 6 nitrogen and oxygen atoms in total. The number of amides is 1. The van der Waals surface area contributed by atoms with Crippen molar-refractivity contribution in [2.75, 3.05) is 0 Å². The van der Waals surface area contributed by atoms with E-state index < -0.39 is 0 Å². The van der Waals surface area contributed by atoms with Gasteiger partial charge in [-0.2, -0.15) is 0 Å². The van der Waals surface area contributed by atoms with Gasteiger partial charge in [-0.25, -0.2) is 4.98 Å². The molecule has 20 heavy (non-hydrogen) atoms. The van der Waals surface area contributed by atoms with Gasteiger partial charge >= 0.3 is 0 Å². The lowest BCUT2D eigenvalue weighted by atomic mass is 10.2. The van der Waals surface area contributed by atoms with Crippen LogP contribution in [0.5, 0.6) is 0 Å². The van der Waals surface area contributed by atoms with Crippen LogP contribution in [0.2, 0.25) is 0 Å². The van der Waals surface area contributed by atoms with Crippen molar-refractivity contribution in [1.29, 1.82) is 0 Å². The first-order valence-corrected chi connectivity index (χ1v) is 7.19. The number of hydrogen-bond donors (Lipinski definition) is 1. The van der Waals surface area contributed by atoms with Gasteiger partial charge in [-0.1, -0.05) is 6.07 Å². The summed E-state index contributed by atoms with van der Waals surface area (Å²) in [6.07, 6.45) is 2.97. The third-order valence-electron chi connectivity index (χ3n) is 2.92. The van der Waals surface area contributed by atoms with Crippen molar-refractivity contribution < 1.29 is 4.79 Å². The summed E-state index contributed by atoms with van der Waals surface area (Å²) in [6, 6.07) is 5.69. The zero-order valence-electron chi connectivity index (χ0n) is 10.7. The molecule has 0 bridgehead atoms. The molecular formula is C13H13N5OS. The molecule has 3 aromatic heterocycles. The monoisotopic (exact) mass is 287 g/mol. The molecule has 102 valence electrons. The van der Waals surface area contributed by atoms with Gasteiger partial charge < -0.3 is 5.32 Å². The summed E-state index contributed by atoms with van der Waals surface area (Å²) in [7, 11) is 0. The number of aryl methyl sites for hydroxylation is 1. The standard InChI is InChI=1S/C13H13N5OS/c19-13(5-4-10-8-20-9-15-10)14-7-12-17-16-11-3-1-2-6-18(11)12/h1-3,6,8-9H,4-5,7H2,(H,14,19). The summed E-state index contributed by atoms with van der Waals surface area (Å²) in [4.78, 5) is 15.9. The topological polar surface area (TPSA) is 72.2 Å². The van der Waals surface area contributed by atoms with Crippen LogP contribution in [0.3, 0.4) is 0 Å². The van der Waals surface area contributed by atoms with E-state index in [1.807, 2.05) is 34.2 Å². The third-order valence-corrected chi connectivity index (χ3v) is 3.55. The van der Waals surface area contributed by atoms with E-state index in [9.17, 15) is 4.79 Å². The Balaban J connectivity index is 1.55. The molecule has 0 saturated heterocycles. The second-order valence-corrected chi connectivity index (χ2v) is 5.02. The Hall–Kier alpha value is -2.28. The van der Waals surface area contributed by atoms with Crippen LogP contribution in [-0.2, 0) is 17.8 Å². The van der Waals surface area contributed by atoms with Gasteiger partial charge in [0.2, 0.25) is 5.91 Å². The van der Waals surface area contributed by atoms with E-state index in [4.69, 9.17) is 0 Å². The molecule has 0 aliphatic heterocycles. The minimum absolute atomic E-state index is 0.00863. The number of carbonyl (C=O) groups excluding carboxylic acids is 1. The smallest absolute Gasteiger partial charge is 0.220 e. The predicted octanol–water partition coefficient (Wildman–Crippen LogP) is 1.43. The summed E-state index contributed by atoms with van der Waals surface area (Å²) in [5.74, 6) is 0.716. The molecule has 0 unspecified atom stereocenters. The first-order chi connectivity index (χ1) is 9.83. The molecule has 3 rings (SSSR count). The number of fused-ring (bicyclic) bond motifs is 1. The van der Waals surface area contributed by atoms with Crippen molar-refractivity contribution in [1.82, 2.24) is 24.9 Å². The molecule has 0 saturated carbocycles. The number of carbonyl (C=O) groups is 1. The van der Waals surface area contributed by atoms with E-state index in [1.54, 1.807) is 5.51 Å². The van der Waals surface area contributed by atoms with E-state index in [1.165, 1.54) is 11.3 Å². The summed E-state index contributed by atoms with van der Waals surface area (Å²) in [5.41, 5.74) is 3.51. The van der Waals surface area contributed by atoms with Crippen molar-refractivity contribution in [3.63, 3.8) is 0 Å². The van der Waals surface area contributed by atoms with Crippen molar-refractivity contribution in [3.05, 3.63) is 46.8 Å². The molecule has 0 radical (unpaired) electrons. The number of nitrogens with one attached hydrogen (secondary N) is 1. The average molecular weight is 287 g/mol. The molecular weight excluding hydrogens is 274 g/mol. The molecule has 0 spiro atoms. The lowest BCUT2D eigenvalue weighted by Crippen LogP contribution is -2.24. The summed E-state index contributed by atoms with van der Waals surface area (Å²) in [5, 5.41) is 12.9. The zero-order valence-corrected chi connectivity index (χ0v) is 11.5. The Bertz CT molecular complexity index is 706. The SMILES string of the molecule is O=C(CCc1cscn1)NCc1nnc2ccccn12. The minimum Gasteiger partial charge on any atom is -0.349 e. The van der Waals surface area contributed by atoms with Crippen molar-refractivity contribution in [2.24, 2.45) is 0 Å². The van der Waals surface area contributed by atoms with Crippen LogP contribution in [0, 0.1) is 0 Å². The fourth-order valence-electron chi connectivity index (χ4n) is 1.88. The maximum atomic E-state index is 11.8. The van der Waals surface area contributed by atoms with Crippen LogP contribution >= 0.6 is 11.3 Å². The van der Waals surface area contributed by atoms with E-state index >= 15 is 0 Å². The zero-order chi connectivity index (χ0) is 13.8. The van der Waals surface area contributed by atoms with Crippen LogP contribution < -0.4 is 5.32 Å². The second kappa shape index (κ2) is 5.79. The number of pyridine rings is 1. The van der Waals surface area contributed by atoms with Crippen LogP contribution in [0.15, 0.2) is 35.3 Å². The molecule has 3 aromatic rings. The van der Waals surface area contributed by atoms with Crippen LogP contribution in [0.4, 0.5) is 0 Å². The average Bonchev–Trinajstić information content (AvgIpc) is 3.12. The van der Waals surface area contributed by atoms with Crippen LogP contribution in [0.25, 0.3) is 5.65 Å². The fourth-order valence-corrected chi connectivity index (χ4v) is 2.47. The van der Waals surface area contributed by atoms with Crippen LogP contribution in [0.1, 0.15) is 17.9 Å². The van der Waals surface area contributed by atoms with E-state index in [2.05, 4.69) is 20.5 Å². The van der Waals surface area contributed by atoms with Gasteiger partial charge in [0.15, 0.2) is 11.5 Å². The van der Waals surface area contributed by atoms with Gasteiger partial charge in [-0.3, -0.25) is 9.20 Å². The van der Waals surface area contributed by atoms with E-state index in [-0.39, 0.29) is 5.91 Å². The molecule has 1 amide bonds. The Morgan fingerprint density at radius 2 is 2.30 bits per heavy atom. The van der Waals surface area contributed by atoms with Gasteiger partial charge in [0.25, 0.3) is 0 Å². The van der Waals surface area contributed by atoms with Gasteiger partial charge in [0.1, 0.15) is 0 Å². The number of thiazole rings is 1. The number of rotatable bonds is 5. The lowest BCUT2D eigenvalue weighted by Gasteiger charge is -2.03. The maximum Gasteiger partial charge on any atom is 0.220 e. The van der Waals surface area contributed by atoms with Crippen molar-refractivity contribution in [2.45, 2.75) is 19.4 Å². The Morgan fingerprint density at radius 3 is 3.15 bits per heavy atom. The third kappa shape index (κ3) is 2.83.